The summed E-state index contributed by atoms with van der Waals surface area (Å²) in [6, 6.07) is 0. The van der Waals surface area contributed by atoms with E-state index in [9.17, 15) is 10.2 Å². The molecule has 4 aliphatic carbocycles. The van der Waals surface area contributed by atoms with Gasteiger partial charge in [0, 0.05) is 6.61 Å². The molecule has 4 aliphatic rings. The molecule has 0 bridgehead atoms. The minimum absolute atomic E-state index is 0.0413. The van der Waals surface area contributed by atoms with Gasteiger partial charge in [0.1, 0.15) is 0 Å². The number of aliphatic hydroxyl groups is 2. The van der Waals surface area contributed by atoms with Crippen molar-refractivity contribution >= 4 is 0 Å². The Morgan fingerprint density at radius 2 is 1.62 bits per heavy atom. The van der Waals surface area contributed by atoms with E-state index < -0.39 is 0 Å². The summed E-state index contributed by atoms with van der Waals surface area (Å²) in [6.07, 6.45) is 15.9. The first-order valence-electron chi connectivity index (χ1n) is 13.1. The number of fused-ring (bicyclic) bond motifs is 5. The molecule has 2 nitrogen and oxygen atoms in total. The fourth-order valence-electron chi connectivity index (χ4n) is 9.41. The third kappa shape index (κ3) is 3.73. The van der Waals surface area contributed by atoms with Crippen LogP contribution in [0.5, 0.6) is 0 Å². The number of rotatable bonds is 6. The van der Waals surface area contributed by atoms with Crippen molar-refractivity contribution in [3.05, 3.63) is 0 Å². The van der Waals surface area contributed by atoms with E-state index in [0.29, 0.717) is 29.3 Å². The van der Waals surface area contributed by atoms with Crippen molar-refractivity contribution in [1.29, 1.82) is 0 Å². The number of aliphatic hydroxyl groups excluding tert-OH is 2. The maximum Gasteiger partial charge on any atom is 0.0576 e. The minimum atomic E-state index is -0.0413. The van der Waals surface area contributed by atoms with Gasteiger partial charge in [0.05, 0.1) is 6.10 Å². The fourth-order valence-corrected chi connectivity index (χ4v) is 9.41. The minimum Gasteiger partial charge on any atom is -0.396 e. The van der Waals surface area contributed by atoms with Crippen molar-refractivity contribution < 1.29 is 10.2 Å². The van der Waals surface area contributed by atoms with Crippen molar-refractivity contribution in [2.75, 3.05) is 6.61 Å². The summed E-state index contributed by atoms with van der Waals surface area (Å²) in [4.78, 5) is 0. The normalized spacial score (nSPS) is 49.0. The third-order valence-electron chi connectivity index (χ3n) is 11.0. The van der Waals surface area contributed by atoms with Crippen LogP contribution in [-0.4, -0.2) is 22.9 Å². The van der Waals surface area contributed by atoms with Crippen LogP contribution in [0.4, 0.5) is 0 Å². The quantitative estimate of drug-likeness (QED) is 0.534. The first-order valence-corrected chi connectivity index (χ1v) is 13.1. The number of hydrogen-bond donors (Lipinski definition) is 2. The summed E-state index contributed by atoms with van der Waals surface area (Å²) >= 11 is 0. The zero-order valence-electron chi connectivity index (χ0n) is 19.7. The summed E-state index contributed by atoms with van der Waals surface area (Å²) in [5, 5.41) is 20.5. The van der Waals surface area contributed by atoms with E-state index in [0.717, 1.165) is 36.0 Å². The van der Waals surface area contributed by atoms with Crippen LogP contribution in [0.1, 0.15) is 105 Å². The molecule has 29 heavy (non-hydrogen) atoms. The molecule has 0 aliphatic heterocycles. The maximum absolute atomic E-state index is 11.2. The van der Waals surface area contributed by atoms with Crippen LogP contribution in [0.2, 0.25) is 0 Å². The molecule has 2 N–H and O–H groups in total. The standard InChI is InChI=1S/C27H48O2/c1-18(17-28)8-7-9-19(2)21-11-12-22-20-16-25(29)24-10-5-6-14-26(24,3)23(20)13-15-27(21,22)4/h18-25,28-29H,5-17H2,1-4H3/t18?,19-,20+,21-,22+,23+,24?,25-,26-,27-/m1/s1. The number of hydrogen-bond acceptors (Lipinski definition) is 2. The highest BCUT2D eigenvalue weighted by Crippen LogP contribution is 2.68. The van der Waals surface area contributed by atoms with Gasteiger partial charge in [-0.05, 0) is 104 Å². The predicted octanol–water partition coefficient (Wildman–Crippen LogP) is 6.44. The van der Waals surface area contributed by atoms with Gasteiger partial charge in [-0.25, -0.2) is 0 Å². The Kier molecular flexibility index (Phi) is 6.45. The van der Waals surface area contributed by atoms with Crippen LogP contribution in [0.25, 0.3) is 0 Å². The second kappa shape index (κ2) is 8.45. The molecule has 168 valence electrons. The third-order valence-corrected chi connectivity index (χ3v) is 11.0. The van der Waals surface area contributed by atoms with Crippen LogP contribution >= 0.6 is 0 Å². The average molecular weight is 405 g/mol. The van der Waals surface area contributed by atoms with E-state index in [1.165, 1.54) is 70.6 Å². The zero-order valence-corrected chi connectivity index (χ0v) is 19.7. The van der Waals surface area contributed by atoms with Crippen LogP contribution in [0, 0.1) is 52.3 Å². The summed E-state index contributed by atoms with van der Waals surface area (Å²) in [7, 11) is 0. The second-order valence-electron chi connectivity index (χ2n) is 12.5. The van der Waals surface area contributed by atoms with Crippen molar-refractivity contribution in [2.45, 2.75) is 111 Å². The highest BCUT2D eigenvalue weighted by molar-refractivity contribution is 5.10. The second-order valence-corrected chi connectivity index (χ2v) is 12.5. The fraction of sp³-hybridized carbons (Fsp3) is 1.00. The molecule has 4 saturated carbocycles. The maximum atomic E-state index is 11.2. The lowest BCUT2D eigenvalue weighted by Gasteiger charge is -2.62. The molecule has 0 aromatic heterocycles. The Morgan fingerprint density at radius 3 is 2.38 bits per heavy atom. The molecule has 0 aromatic carbocycles. The SMILES string of the molecule is CC(CO)CCC[C@@H](C)[C@H]1CC[C@H]2[C@@H]3C[C@@H](O)C4CCCC[C@]4(C)[C@H]3CC[C@]12C. The Morgan fingerprint density at radius 1 is 0.862 bits per heavy atom. The Hall–Kier alpha value is -0.0800. The predicted molar refractivity (Wildman–Crippen MR) is 120 cm³/mol. The summed E-state index contributed by atoms with van der Waals surface area (Å²) in [5.74, 6) is 5.19. The highest BCUT2D eigenvalue weighted by Gasteiger charge is 2.61. The van der Waals surface area contributed by atoms with Gasteiger partial charge in [-0.1, -0.05) is 53.4 Å². The van der Waals surface area contributed by atoms with Gasteiger partial charge in [0.25, 0.3) is 0 Å². The lowest BCUT2D eigenvalue weighted by Crippen LogP contribution is -2.57. The molecule has 0 spiro atoms. The van der Waals surface area contributed by atoms with E-state index in [1.54, 1.807) is 0 Å². The first kappa shape index (κ1) is 22.1. The van der Waals surface area contributed by atoms with Crippen molar-refractivity contribution in [1.82, 2.24) is 0 Å². The average Bonchev–Trinajstić information content (AvgIpc) is 3.05. The lowest BCUT2D eigenvalue weighted by atomic mass is 9.44. The molecule has 4 rings (SSSR count). The Bertz CT molecular complexity index is 561. The van der Waals surface area contributed by atoms with E-state index in [-0.39, 0.29) is 6.10 Å². The molecule has 0 aromatic rings. The van der Waals surface area contributed by atoms with Gasteiger partial charge in [-0.2, -0.15) is 0 Å². The van der Waals surface area contributed by atoms with Crippen LogP contribution in [0.3, 0.4) is 0 Å². The molecule has 2 unspecified atom stereocenters. The van der Waals surface area contributed by atoms with Crippen LogP contribution < -0.4 is 0 Å². The van der Waals surface area contributed by atoms with Gasteiger partial charge in [-0.15, -0.1) is 0 Å². The van der Waals surface area contributed by atoms with E-state index in [4.69, 9.17) is 0 Å². The van der Waals surface area contributed by atoms with Crippen LogP contribution in [-0.2, 0) is 0 Å². The van der Waals surface area contributed by atoms with Gasteiger partial charge in [-0.3, -0.25) is 0 Å². The van der Waals surface area contributed by atoms with Crippen molar-refractivity contribution in [3.8, 4) is 0 Å². The van der Waals surface area contributed by atoms with Crippen molar-refractivity contribution in [2.24, 2.45) is 52.3 Å². The highest BCUT2D eigenvalue weighted by atomic mass is 16.3. The van der Waals surface area contributed by atoms with E-state index >= 15 is 0 Å². The van der Waals surface area contributed by atoms with Gasteiger partial charge >= 0.3 is 0 Å². The Balaban J connectivity index is 1.46. The van der Waals surface area contributed by atoms with E-state index in [2.05, 4.69) is 27.7 Å². The van der Waals surface area contributed by atoms with Crippen LogP contribution in [0.15, 0.2) is 0 Å². The van der Waals surface area contributed by atoms with Gasteiger partial charge in [0.2, 0.25) is 0 Å². The molecular weight excluding hydrogens is 356 g/mol. The Labute approximate surface area is 180 Å². The lowest BCUT2D eigenvalue weighted by molar-refractivity contribution is -0.159. The molecule has 0 radical (unpaired) electrons. The van der Waals surface area contributed by atoms with E-state index in [1.807, 2.05) is 0 Å². The summed E-state index contributed by atoms with van der Waals surface area (Å²) in [5.41, 5.74) is 0.910. The smallest absolute Gasteiger partial charge is 0.0576 e. The van der Waals surface area contributed by atoms with Crippen molar-refractivity contribution in [3.63, 3.8) is 0 Å². The van der Waals surface area contributed by atoms with Gasteiger partial charge in [0.15, 0.2) is 0 Å². The summed E-state index contributed by atoms with van der Waals surface area (Å²) in [6.45, 7) is 10.2. The molecular formula is C27H48O2. The van der Waals surface area contributed by atoms with Gasteiger partial charge < -0.3 is 10.2 Å². The first-order chi connectivity index (χ1) is 13.8. The molecule has 4 fully saturated rings. The monoisotopic (exact) mass is 404 g/mol. The molecule has 10 atom stereocenters. The molecule has 2 heteroatoms. The molecule has 0 saturated heterocycles. The summed E-state index contributed by atoms with van der Waals surface area (Å²) < 4.78 is 0. The largest absolute Gasteiger partial charge is 0.396 e. The molecule has 0 heterocycles. The topological polar surface area (TPSA) is 40.5 Å². The molecule has 0 amide bonds. The zero-order chi connectivity index (χ0) is 20.8.